The van der Waals surface area contributed by atoms with Crippen LogP contribution in [0.1, 0.15) is 13.8 Å². The van der Waals surface area contributed by atoms with E-state index in [0.717, 1.165) is 13.2 Å². The fraction of sp³-hybridized carbons (Fsp3) is 1.00. The van der Waals surface area contributed by atoms with Gasteiger partial charge in [0.15, 0.2) is 0 Å². The van der Waals surface area contributed by atoms with Crippen LogP contribution in [-0.2, 0) is 4.74 Å². The maximum atomic E-state index is 6.02. The van der Waals surface area contributed by atoms with Crippen LogP contribution in [0.15, 0.2) is 0 Å². The third kappa shape index (κ3) is 0.848. The smallest absolute Gasteiger partial charge is 0.0934 e. The largest absolute Gasteiger partial charge is 0.378 e. The minimum Gasteiger partial charge on any atom is -0.378 e. The number of ether oxygens (including phenoxy) is 1. The molecule has 48 valence electrons. The summed E-state index contributed by atoms with van der Waals surface area (Å²) < 4.78 is 4.97. The Morgan fingerprint density at radius 3 is 2.00 bits per heavy atom. The van der Waals surface area contributed by atoms with Gasteiger partial charge in [-0.1, -0.05) is 13.8 Å². The lowest BCUT2D eigenvalue weighted by Crippen LogP contribution is -2.48. The fourth-order valence-electron chi connectivity index (χ4n) is 0.630. The summed E-state index contributed by atoms with van der Waals surface area (Å²) in [5, 5.41) is 0. The summed E-state index contributed by atoms with van der Waals surface area (Å²) in [6, 6.07) is 0. The molecule has 0 bridgehead atoms. The Morgan fingerprint density at radius 1 is 1.50 bits per heavy atom. The van der Waals surface area contributed by atoms with Gasteiger partial charge in [-0.15, -0.1) is 11.6 Å². The van der Waals surface area contributed by atoms with E-state index in [0.29, 0.717) is 5.92 Å². The predicted molar refractivity (Wildman–Crippen MR) is 34.2 cm³/mol. The molecule has 1 saturated heterocycles. The summed E-state index contributed by atoms with van der Waals surface area (Å²) in [4.78, 5) is -0.0278. The van der Waals surface area contributed by atoms with Gasteiger partial charge in [-0.25, -0.2) is 0 Å². The second-order valence-electron chi connectivity index (χ2n) is 2.68. The Bertz CT molecular complexity index is 86.5. The summed E-state index contributed by atoms with van der Waals surface area (Å²) in [5.74, 6) is 0.540. The zero-order valence-electron chi connectivity index (χ0n) is 5.28. The minimum atomic E-state index is -0.0278. The van der Waals surface area contributed by atoms with Crippen LogP contribution in [0.5, 0.6) is 0 Å². The second kappa shape index (κ2) is 1.89. The number of hydrogen-bond donors (Lipinski definition) is 0. The molecule has 1 aliphatic heterocycles. The zero-order chi connectivity index (χ0) is 6.20. The highest BCUT2D eigenvalue weighted by atomic mass is 35.5. The first-order valence-corrected chi connectivity index (χ1v) is 3.29. The number of rotatable bonds is 1. The first-order chi connectivity index (χ1) is 3.65. The maximum Gasteiger partial charge on any atom is 0.0934 e. The van der Waals surface area contributed by atoms with Crippen molar-refractivity contribution in [1.29, 1.82) is 0 Å². The number of alkyl halides is 1. The summed E-state index contributed by atoms with van der Waals surface area (Å²) in [7, 11) is 0. The van der Waals surface area contributed by atoms with E-state index in [-0.39, 0.29) is 4.87 Å². The molecule has 0 atom stereocenters. The Labute approximate surface area is 55.0 Å². The van der Waals surface area contributed by atoms with Crippen molar-refractivity contribution in [2.24, 2.45) is 5.92 Å². The Balaban J connectivity index is 2.41. The molecule has 8 heavy (non-hydrogen) atoms. The van der Waals surface area contributed by atoms with E-state index in [2.05, 4.69) is 13.8 Å². The van der Waals surface area contributed by atoms with Crippen molar-refractivity contribution in [3.63, 3.8) is 0 Å². The van der Waals surface area contributed by atoms with Crippen molar-refractivity contribution in [3.8, 4) is 0 Å². The van der Waals surface area contributed by atoms with Crippen LogP contribution in [0.25, 0.3) is 0 Å². The first kappa shape index (κ1) is 6.37. The summed E-state index contributed by atoms with van der Waals surface area (Å²) in [6.07, 6.45) is 0. The summed E-state index contributed by atoms with van der Waals surface area (Å²) in [6.45, 7) is 5.70. The first-order valence-electron chi connectivity index (χ1n) is 2.92. The Kier molecular flexibility index (Phi) is 1.50. The van der Waals surface area contributed by atoms with Crippen molar-refractivity contribution < 1.29 is 4.74 Å². The van der Waals surface area contributed by atoms with E-state index >= 15 is 0 Å². The topological polar surface area (TPSA) is 9.23 Å². The molecule has 1 aliphatic rings. The molecule has 0 aromatic rings. The van der Waals surface area contributed by atoms with E-state index in [1.807, 2.05) is 0 Å². The molecule has 2 heteroatoms. The minimum absolute atomic E-state index is 0.0278. The fourth-order valence-corrected chi connectivity index (χ4v) is 0.785. The predicted octanol–water partition coefficient (Wildman–Crippen LogP) is 1.65. The van der Waals surface area contributed by atoms with E-state index < -0.39 is 0 Å². The van der Waals surface area contributed by atoms with Gasteiger partial charge in [-0.2, -0.15) is 0 Å². The molecule has 0 aliphatic carbocycles. The lowest BCUT2D eigenvalue weighted by Gasteiger charge is -2.38. The van der Waals surface area contributed by atoms with Gasteiger partial charge in [0.2, 0.25) is 0 Å². The molecule has 0 amide bonds. The molecule has 1 heterocycles. The Hall–Kier alpha value is 0.250. The van der Waals surface area contributed by atoms with E-state index in [1.54, 1.807) is 0 Å². The number of hydrogen-bond acceptors (Lipinski definition) is 1. The van der Waals surface area contributed by atoms with E-state index in [1.165, 1.54) is 0 Å². The van der Waals surface area contributed by atoms with Gasteiger partial charge in [0.05, 0.1) is 18.1 Å². The van der Waals surface area contributed by atoms with Gasteiger partial charge < -0.3 is 4.74 Å². The van der Waals surface area contributed by atoms with Crippen LogP contribution < -0.4 is 0 Å². The van der Waals surface area contributed by atoms with Crippen molar-refractivity contribution in [2.45, 2.75) is 18.7 Å². The van der Waals surface area contributed by atoms with Gasteiger partial charge in [0, 0.05) is 0 Å². The molecular weight excluding hydrogens is 124 g/mol. The molecule has 0 spiro atoms. The van der Waals surface area contributed by atoms with Crippen LogP contribution in [-0.4, -0.2) is 18.1 Å². The highest BCUT2D eigenvalue weighted by Crippen LogP contribution is 2.32. The third-order valence-electron chi connectivity index (χ3n) is 1.72. The lowest BCUT2D eigenvalue weighted by atomic mass is 9.93. The molecule has 0 N–H and O–H groups in total. The van der Waals surface area contributed by atoms with Crippen LogP contribution in [0, 0.1) is 5.92 Å². The average Bonchev–Trinajstić information content (AvgIpc) is 1.60. The van der Waals surface area contributed by atoms with E-state index in [4.69, 9.17) is 16.3 Å². The molecule has 0 aromatic carbocycles. The third-order valence-corrected chi connectivity index (χ3v) is 2.37. The van der Waals surface area contributed by atoms with Crippen molar-refractivity contribution in [3.05, 3.63) is 0 Å². The maximum absolute atomic E-state index is 6.02. The highest BCUT2D eigenvalue weighted by Gasteiger charge is 2.39. The van der Waals surface area contributed by atoms with Crippen molar-refractivity contribution in [1.82, 2.24) is 0 Å². The van der Waals surface area contributed by atoms with Crippen LogP contribution >= 0.6 is 11.6 Å². The van der Waals surface area contributed by atoms with Crippen molar-refractivity contribution in [2.75, 3.05) is 13.2 Å². The Morgan fingerprint density at radius 2 is 2.00 bits per heavy atom. The molecule has 0 saturated carbocycles. The lowest BCUT2D eigenvalue weighted by molar-refractivity contribution is -0.0332. The standard InChI is InChI=1S/C6H11ClO/c1-5(2)6(7)3-8-4-6/h5H,3-4H2,1-2H3. The average molecular weight is 135 g/mol. The van der Waals surface area contributed by atoms with Gasteiger partial charge in [-0.3, -0.25) is 0 Å². The highest BCUT2D eigenvalue weighted by molar-refractivity contribution is 6.24. The SMILES string of the molecule is CC(C)C1(Cl)COC1. The van der Waals surface area contributed by atoms with Crippen LogP contribution in [0.2, 0.25) is 0 Å². The molecule has 0 radical (unpaired) electrons. The van der Waals surface area contributed by atoms with Gasteiger partial charge >= 0.3 is 0 Å². The second-order valence-corrected chi connectivity index (χ2v) is 3.43. The molecule has 0 unspecified atom stereocenters. The van der Waals surface area contributed by atoms with E-state index in [9.17, 15) is 0 Å². The molecule has 0 aromatic heterocycles. The number of halogens is 1. The molecule has 1 nitrogen and oxygen atoms in total. The molecule has 1 fully saturated rings. The van der Waals surface area contributed by atoms with Gasteiger partial charge in [-0.05, 0) is 5.92 Å². The summed E-state index contributed by atoms with van der Waals surface area (Å²) in [5.41, 5.74) is 0. The zero-order valence-corrected chi connectivity index (χ0v) is 6.03. The van der Waals surface area contributed by atoms with Gasteiger partial charge in [0.1, 0.15) is 0 Å². The quantitative estimate of drug-likeness (QED) is 0.496. The van der Waals surface area contributed by atoms with Crippen LogP contribution in [0.4, 0.5) is 0 Å². The molecule has 1 rings (SSSR count). The van der Waals surface area contributed by atoms with Crippen molar-refractivity contribution >= 4 is 11.6 Å². The molecular formula is C6H11ClO. The monoisotopic (exact) mass is 134 g/mol. The van der Waals surface area contributed by atoms with Crippen LogP contribution in [0.3, 0.4) is 0 Å². The summed E-state index contributed by atoms with van der Waals surface area (Å²) >= 11 is 6.02. The normalized spacial score (nSPS) is 25.5. The van der Waals surface area contributed by atoms with Gasteiger partial charge in [0.25, 0.3) is 0 Å².